The molecule has 0 saturated heterocycles. The molecule has 0 bridgehead atoms. The van der Waals surface area contributed by atoms with Crippen molar-refractivity contribution in [1.29, 1.82) is 0 Å². The summed E-state index contributed by atoms with van der Waals surface area (Å²) in [5.41, 5.74) is 8.69. The van der Waals surface area contributed by atoms with E-state index in [-0.39, 0.29) is 0 Å². The molecule has 0 spiro atoms. The molecule has 16 heavy (non-hydrogen) atoms. The van der Waals surface area contributed by atoms with Crippen molar-refractivity contribution in [1.82, 2.24) is 9.97 Å². The maximum atomic E-state index is 5.45. The minimum Gasteiger partial charge on any atom is -0.385 e. The summed E-state index contributed by atoms with van der Waals surface area (Å²) >= 11 is 0. The van der Waals surface area contributed by atoms with Gasteiger partial charge in [-0.2, -0.15) is 0 Å². The van der Waals surface area contributed by atoms with Crippen LogP contribution in [0.2, 0.25) is 0 Å². The first kappa shape index (κ1) is 11.0. The Labute approximate surface area is 95.3 Å². The third-order valence-electron chi connectivity index (χ3n) is 2.58. The van der Waals surface area contributed by atoms with Gasteiger partial charge in [-0.3, -0.25) is 0 Å². The van der Waals surface area contributed by atoms with Crippen molar-refractivity contribution in [2.24, 2.45) is 5.73 Å². The molecule has 0 unspecified atom stereocenters. The van der Waals surface area contributed by atoms with E-state index in [4.69, 9.17) is 5.73 Å². The van der Waals surface area contributed by atoms with Crippen LogP contribution in [0.15, 0.2) is 18.2 Å². The van der Waals surface area contributed by atoms with Gasteiger partial charge in [-0.05, 0) is 31.2 Å². The van der Waals surface area contributed by atoms with Crippen LogP contribution in [0.3, 0.4) is 0 Å². The lowest BCUT2D eigenvalue weighted by molar-refractivity contribution is 0.874. The molecule has 0 aliphatic heterocycles. The summed E-state index contributed by atoms with van der Waals surface area (Å²) in [4.78, 5) is 7.77. The third-order valence-corrected chi connectivity index (χ3v) is 2.58. The normalized spacial score (nSPS) is 10.9. The number of aryl methyl sites for hydroxylation is 1. The van der Waals surface area contributed by atoms with E-state index in [0.717, 1.165) is 48.5 Å². The Morgan fingerprint density at radius 2 is 2.31 bits per heavy atom. The highest BCUT2D eigenvalue weighted by Crippen LogP contribution is 2.17. The lowest BCUT2D eigenvalue weighted by atomic mass is 10.2. The molecule has 0 aliphatic carbocycles. The third kappa shape index (κ3) is 2.33. The van der Waals surface area contributed by atoms with Gasteiger partial charge in [0.25, 0.3) is 0 Å². The fourth-order valence-electron chi connectivity index (χ4n) is 1.67. The second kappa shape index (κ2) is 4.99. The number of fused-ring (bicyclic) bond motifs is 1. The fourth-order valence-corrected chi connectivity index (χ4v) is 1.67. The Morgan fingerprint density at radius 1 is 1.44 bits per heavy atom. The van der Waals surface area contributed by atoms with Gasteiger partial charge in [-0.1, -0.05) is 6.92 Å². The molecule has 2 rings (SSSR count). The summed E-state index contributed by atoms with van der Waals surface area (Å²) in [7, 11) is 0. The first-order valence-corrected chi connectivity index (χ1v) is 5.76. The van der Waals surface area contributed by atoms with E-state index in [0.29, 0.717) is 0 Å². The van der Waals surface area contributed by atoms with E-state index in [1.807, 2.05) is 6.07 Å². The zero-order valence-electron chi connectivity index (χ0n) is 9.59. The number of hydrogen-bond acceptors (Lipinski definition) is 3. The number of nitrogens with two attached hydrogens (primary N) is 1. The number of H-pyrrole nitrogens is 1. The van der Waals surface area contributed by atoms with Crippen molar-refractivity contribution in [2.45, 2.75) is 19.8 Å². The number of nitrogens with zero attached hydrogens (tertiary/aromatic N) is 1. The van der Waals surface area contributed by atoms with Crippen LogP contribution in [0.25, 0.3) is 11.0 Å². The highest BCUT2D eigenvalue weighted by atomic mass is 14.9. The Kier molecular flexibility index (Phi) is 3.41. The first-order valence-electron chi connectivity index (χ1n) is 5.76. The molecule has 0 amide bonds. The van der Waals surface area contributed by atoms with Gasteiger partial charge >= 0.3 is 0 Å². The summed E-state index contributed by atoms with van der Waals surface area (Å²) in [5, 5.41) is 3.34. The average molecular weight is 218 g/mol. The van der Waals surface area contributed by atoms with Gasteiger partial charge in [0.1, 0.15) is 5.82 Å². The van der Waals surface area contributed by atoms with Gasteiger partial charge in [0.05, 0.1) is 11.0 Å². The van der Waals surface area contributed by atoms with E-state index < -0.39 is 0 Å². The van der Waals surface area contributed by atoms with Crippen LogP contribution < -0.4 is 11.1 Å². The second-order valence-corrected chi connectivity index (χ2v) is 3.84. The number of anilines is 1. The first-order chi connectivity index (χ1) is 7.83. The van der Waals surface area contributed by atoms with Crippen LogP contribution in [-0.4, -0.2) is 23.1 Å². The van der Waals surface area contributed by atoms with Crippen LogP contribution in [-0.2, 0) is 6.42 Å². The lowest BCUT2D eigenvalue weighted by Gasteiger charge is -2.04. The topological polar surface area (TPSA) is 66.7 Å². The zero-order chi connectivity index (χ0) is 11.4. The molecule has 1 aromatic heterocycles. The standard InChI is InChI=1S/C12H18N4/c1-2-12-15-10-5-4-9(8-11(10)16-12)14-7-3-6-13/h4-5,8,14H,2-3,6-7,13H2,1H3,(H,15,16). The van der Waals surface area contributed by atoms with E-state index in [9.17, 15) is 0 Å². The van der Waals surface area contributed by atoms with Gasteiger partial charge in [0.15, 0.2) is 0 Å². The van der Waals surface area contributed by atoms with Crippen molar-refractivity contribution < 1.29 is 0 Å². The largest absolute Gasteiger partial charge is 0.385 e. The van der Waals surface area contributed by atoms with Gasteiger partial charge < -0.3 is 16.0 Å². The molecule has 0 atom stereocenters. The van der Waals surface area contributed by atoms with Crippen molar-refractivity contribution >= 4 is 16.7 Å². The molecule has 0 saturated carbocycles. The predicted molar refractivity (Wildman–Crippen MR) is 67.6 cm³/mol. The van der Waals surface area contributed by atoms with Crippen LogP contribution in [0, 0.1) is 0 Å². The predicted octanol–water partition coefficient (Wildman–Crippen LogP) is 1.89. The number of nitrogens with one attached hydrogen (secondary N) is 2. The number of rotatable bonds is 5. The quantitative estimate of drug-likeness (QED) is 0.671. The summed E-state index contributed by atoms with van der Waals surface area (Å²) in [6, 6.07) is 6.19. The summed E-state index contributed by atoms with van der Waals surface area (Å²) in [6.07, 6.45) is 1.92. The van der Waals surface area contributed by atoms with Crippen molar-refractivity contribution in [3.8, 4) is 0 Å². The number of aromatic amines is 1. The minimum atomic E-state index is 0.722. The maximum absolute atomic E-state index is 5.45. The van der Waals surface area contributed by atoms with Crippen molar-refractivity contribution in [3.63, 3.8) is 0 Å². The molecule has 4 nitrogen and oxygen atoms in total. The van der Waals surface area contributed by atoms with Crippen molar-refractivity contribution in [3.05, 3.63) is 24.0 Å². The smallest absolute Gasteiger partial charge is 0.106 e. The number of imidazole rings is 1. The second-order valence-electron chi connectivity index (χ2n) is 3.84. The molecular weight excluding hydrogens is 200 g/mol. The van der Waals surface area contributed by atoms with Gasteiger partial charge in [0, 0.05) is 18.7 Å². The molecular formula is C12H18N4. The van der Waals surface area contributed by atoms with E-state index in [1.54, 1.807) is 0 Å². The molecule has 0 aliphatic rings. The maximum Gasteiger partial charge on any atom is 0.106 e. The van der Waals surface area contributed by atoms with Gasteiger partial charge in [-0.25, -0.2) is 4.98 Å². The highest BCUT2D eigenvalue weighted by Gasteiger charge is 2.01. The van der Waals surface area contributed by atoms with Crippen LogP contribution in [0.5, 0.6) is 0 Å². The van der Waals surface area contributed by atoms with E-state index in [1.165, 1.54) is 0 Å². The molecule has 4 heteroatoms. The highest BCUT2D eigenvalue weighted by molar-refractivity contribution is 5.79. The SMILES string of the molecule is CCc1nc2ccc(NCCCN)cc2[nH]1. The van der Waals surface area contributed by atoms with Crippen LogP contribution in [0.4, 0.5) is 5.69 Å². The monoisotopic (exact) mass is 218 g/mol. The van der Waals surface area contributed by atoms with Crippen LogP contribution >= 0.6 is 0 Å². The number of aromatic nitrogens is 2. The minimum absolute atomic E-state index is 0.722. The zero-order valence-corrected chi connectivity index (χ0v) is 9.59. The number of benzene rings is 1. The Morgan fingerprint density at radius 3 is 3.06 bits per heavy atom. The molecule has 0 fully saturated rings. The van der Waals surface area contributed by atoms with E-state index in [2.05, 4.69) is 34.3 Å². The molecule has 4 N–H and O–H groups in total. The Balaban J connectivity index is 2.15. The molecule has 1 heterocycles. The Bertz CT molecular complexity index is 461. The number of hydrogen-bond donors (Lipinski definition) is 3. The summed E-state index contributed by atoms with van der Waals surface area (Å²) in [6.45, 7) is 3.73. The lowest BCUT2D eigenvalue weighted by Crippen LogP contribution is -2.08. The van der Waals surface area contributed by atoms with Crippen LogP contribution in [0.1, 0.15) is 19.2 Å². The van der Waals surface area contributed by atoms with Gasteiger partial charge in [0.2, 0.25) is 0 Å². The van der Waals surface area contributed by atoms with Crippen molar-refractivity contribution in [2.75, 3.05) is 18.4 Å². The average Bonchev–Trinajstić information content (AvgIpc) is 2.71. The Hall–Kier alpha value is -1.55. The molecule has 1 aromatic carbocycles. The van der Waals surface area contributed by atoms with E-state index >= 15 is 0 Å². The fraction of sp³-hybridized carbons (Fsp3) is 0.417. The van der Waals surface area contributed by atoms with Gasteiger partial charge in [-0.15, -0.1) is 0 Å². The summed E-state index contributed by atoms with van der Waals surface area (Å²) in [5.74, 6) is 1.04. The summed E-state index contributed by atoms with van der Waals surface area (Å²) < 4.78 is 0. The molecule has 86 valence electrons. The molecule has 0 radical (unpaired) electrons. The molecule has 2 aromatic rings.